The van der Waals surface area contributed by atoms with Crippen LogP contribution in [0.25, 0.3) is 0 Å². The fourth-order valence-electron chi connectivity index (χ4n) is 1.43. The zero-order chi connectivity index (χ0) is 12.7. The summed E-state index contributed by atoms with van der Waals surface area (Å²) in [6, 6.07) is 5.98. The number of hydrogen-bond donors (Lipinski definition) is 2. The van der Waals surface area contributed by atoms with Crippen molar-refractivity contribution in [3.05, 3.63) is 29.8 Å². The van der Waals surface area contributed by atoms with Crippen molar-refractivity contribution in [2.45, 2.75) is 32.2 Å². The molecular formula is C13H17NO3. The molecule has 0 bridgehead atoms. The van der Waals surface area contributed by atoms with E-state index in [-0.39, 0.29) is 5.75 Å². The number of aliphatic imine (C=N–C) groups is 1. The summed E-state index contributed by atoms with van der Waals surface area (Å²) in [5.74, 6) is -0.819. The fourth-order valence-corrected chi connectivity index (χ4v) is 1.43. The van der Waals surface area contributed by atoms with Crippen molar-refractivity contribution in [1.29, 1.82) is 0 Å². The molecule has 0 radical (unpaired) electrons. The number of phenolic OH excluding ortho intramolecular Hbond substituents is 1. The minimum absolute atomic E-state index is 0.107. The van der Waals surface area contributed by atoms with Crippen molar-refractivity contribution in [3.63, 3.8) is 0 Å². The molecule has 92 valence electrons. The Kier molecular flexibility index (Phi) is 5.20. The maximum Gasteiger partial charge on any atom is 0.328 e. The Morgan fingerprint density at radius 3 is 2.76 bits per heavy atom. The highest BCUT2D eigenvalue weighted by Gasteiger charge is 2.14. The predicted octanol–water partition coefficient (Wildman–Crippen LogP) is 2.45. The SMILES string of the molecule is CCCCC(N=Cc1ccccc1O)C(=O)O. The topological polar surface area (TPSA) is 69.9 Å². The predicted molar refractivity (Wildman–Crippen MR) is 66.6 cm³/mol. The Bertz CT molecular complexity index is 401. The number of hydrogen-bond acceptors (Lipinski definition) is 3. The molecule has 1 aromatic carbocycles. The van der Waals surface area contributed by atoms with Crippen LogP contribution in [-0.4, -0.2) is 28.4 Å². The van der Waals surface area contributed by atoms with Gasteiger partial charge in [0.2, 0.25) is 0 Å². The summed E-state index contributed by atoms with van der Waals surface area (Å²) in [5, 5.41) is 18.5. The molecule has 0 saturated heterocycles. The number of aliphatic carboxylic acids is 1. The van der Waals surface area contributed by atoms with Crippen molar-refractivity contribution in [2.75, 3.05) is 0 Å². The van der Waals surface area contributed by atoms with E-state index in [1.807, 2.05) is 6.92 Å². The van der Waals surface area contributed by atoms with Crippen LogP contribution in [-0.2, 0) is 4.79 Å². The number of unbranched alkanes of at least 4 members (excludes halogenated alkanes) is 1. The maximum absolute atomic E-state index is 10.9. The zero-order valence-corrected chi connectivity index (χ0v) is 9.84. The third kappa shape index (κ3) is 4.26. The second-order valence-electron chi connectivity index (χ2n) is 3.83. The van der Waals surface area contributed by atoms with Crippen LogP contribution in [0.1, 0.15) is 31.7 Å². The van der Waals surface area contributed by atoms with Crippen LogP contribution in [0.2, 0.25) is 0 Å². The number of carboxylic acids is 1. The van der Waals surface area contributed by atoms with E-state index < -0.39 is 12.0 Å². The molecule has 4 heteroatoms. The van der Waals surface area contributed by atoms with Crippen LogP contribution in [0.3, 0.4) is 0 Å². The molecule has 0 aromatic heterocycles. The van der Waals surface area contributed by atoms with E-state index in [0.717, 1.165) is 12.8 Å². The van der Waals surface area contributed by atoms with Crippen LogP contribution in [0.5, 0.6) is 5.75 Å². The van der Waals surface area contributed by atoms with Gasteiger partial charge in [-0.05, 0) is 18.6 Å². The molecule has 4 nitrogen and oxygen atoms in total. The lowest BCUT2D eigenvalue weighted by Crippen LogP contribution is -2.17. The van der Waals surface area contributed by atoms with Gasteiger partial charge in [0.15, 0.2) is 0 Å². The van der Waals surface area contributed by atoms with Gasteiger partial charge in [-0.2, -0.15) is 0 Å². The molecule has 1 atom stereocenters. The summed E-state index contributed by atoms with van der Waals surface area (Å²) >= 11 is 0. The lowest BCUT2D eigenvalue weighted by atomic mass is 10.1. The van der Waals surface area contributed by atoms with Gasteiger partial charge >= 0.3 is 5.97 Å². The molecule has 0 aliphatic heterocycles. The number of carbonyl (C=O) groups is 1. The minimum atomic E-state index is -0.926. The van der Waals surface area contributed by atoms with Gasteiger partial charge in [-0.1, -0.05) is 31.9 Å². The molecule has 0 aliphatic rings. The van der Waals surface area contributed by atoms with E-state index in [2.05, 4.69) is 4.99 Å². The first kappa shape index (κ1) is 13.2. The van der Waals surface area contributed by atoms with Gasteiger partial charge in [-0.3, -0.25) is 4.99 Å². The van der Waals surface area contributed by atoms with E-state index in [9.17, 15) is 9.90 Å². The summed E-state index contributed by atoms with van der Waals surface area (Å²) in [6.07, 6.45) is 3.71. The van der Waals surface area contributed by atoms with Crippen LogP contribution < -0.4 is 0 Å². The number of carboxylic acid groups (broad SMARTS) is 1. The summed E-state index contributed by atoms with van der Waals surface area (Å²) in [4.78, 5) is 14.9. The molecule has 0 amide bonds. The highest BCUT2D eigenvalue weighted by molar-refractivity contribution is 5.85. The molecule has 17 heavy (non-hydrogen) atoms. The van der Waals surface area contributed by atoms with E-state index >= 15 is 0 Å². The Labute approximate surface area is 101 Å². The monoisotopic (exact) mass is 235 g/mol. The third-order valence-electron chi connectivity index (χ3n) is 2.45. The quantitative estimate of drug-likeness (QED) is 0.744. The second kappa shape index (κ2) is 6.68. The molecule has 0 fully saturated rings. The van der Waals surface area contributed by atoms with Crippen molar-refractivity contribution in [1.82, 2.24) is 0 Å². The van der Waals surface area contributed by atoms with Gasteiger partial charge in [-0.15, -0.1) is 0 Å². The van der Waals surface area contributed by atoms with Gasteiger partial charge in [0, 0.05) is 11.8 Å². The minimum Gasteiger partial charge on any atom is -0.507 e. The number of benzene rings is 1. The van der Waals surface area contributed by atoms with Gasteiger partial charge in [0.25, 0.3) is 0 Å². The summed E-state index contributed by atoms with van der Waals surface area (Å²) in [5.41, 5.74) is 0.537. The summed E-state index contributed by atoms with van der Waals surface area (Å²) < 4.78 is 0. The molecule has 0 aliphatic carbocycles. The van der Waals surface area contributed by atoms with Crippen LogP contribution in [0.4, 0.5) is 0 Å². The Balaban J connectivity index is 2.72. The normalized spacial score (nSPS) is 12.8. The van der Waals surface area contributed by atoms with Crippen molar-refractivity contribution >= 4 is 12.2 Å². The first-order valence-corrected chi connectivity index (χ1v) is 5.69. The number of nitrogens with zero attached hydrogens (tertiary/aromatic N) is 1. The standard InChI is InChI=1S/C13H17NO3/c1-2-3-7-11(13(16)17)14-9-10-6-4-5-8-12(10)15/h4-6,8-9,11,15H,2-3,7H2,1H3,(H,16,17). The van der Waals surface area contributed by atoms with E-state index in [1.165, 1.54) is 6.21 Å². The third-order valence-corrected chi connectivity index (χ3v) is 2.45. The van der Waals surface area contributed by atoms with E-state index in [0.29, 0.717) is 12.0 Å². The van der Waals surface area contributed by atoms with Crippen LogP contribution in [0, 0.1) is 0 Å². The molecule has 2 N–H and O–H groups in total. The average Bonchev–Trinajstić information content (AvgIpc) is 2.31. The van der Waals surface area contributed by atoms with E-state index in [4.69, 9.17) is 5.11 Å². The van der Waals surface area contributed by atoms with Crippen molar-refractivity contribution in [3.8, 4) is 5.75 Å². The first-order valence-electron chi connectivity index (χ1n) is 5.69. The van der Waals surface area contributed by atoms with Gasteiger partial charge in [0.1, 0.15) is 11.8 Å². The van der Waals surface area contributed by atoms with Crippen molar-refractivity contribution < 1.29 is 15.0 Å². The number of phenols is 1. The molecule has 1 rings (SSSR count). The second-order valence-corrected chi connectivity index (χ2v) is 3.83. The van der Waals surface area contributed by atoms with E-state index in [1.54, 1.807) is 24.3 Å². The van der Waals surface area contributed by atoms with Crippen LogP contribution >= 0.6 is 0 Å². The summed E-state index contributed by atoms with van der Waals surface area (Å²) in [7, 11) is 0. The molecule has 0 heterocycles. The Morgan fingerprint density at radius 2 is 2.18 bits per heavy atom. The largest absolute Gasteiger partial charge is 0.507 e. The number of aromatic hydroxyl groups is 1. The first-order chi connectivity index (χ1) is 8.15. The van der Waals surface area contributed by atoms with Crippen LogP contribution in [0.15, 0.2) is 29.3 Å². The molecule has 1 aromatic rings. The fraction of sp³-hybridized carbons (Fsp3) is 0.385. The molecule has 1 unspecified atom stereocenters. The Hall–Kier alpha value is -1.84. The highest BCUT2D eigenvalue weighted by Crippen LogP contribution is 2.14. The smallest absolute Gasteiger partial charge is 0.328 e. The lowest BCUT2D eigenvalue weighted by molar-refractivity contribution is -0.138. The Morgan fingerprint density at radius 1 is 1.47 bits per heavy atom. The lowest BCUT2D eigenvalue weighted by Gasteiger charge is -2.06. The van der Waals surface area contributed by atoms with Gasteiger partial charge < -0.3 is 10.2 Å². The zero-order valence-electron chi connectivity index (χ0n) is 9.84. The number of rotatable bonds is 6. The highest BCUT2D eigenvalue weighted by atomic mass is 16.4. The van der Waals surface area contributed by atoms with Crippen molar-refractivity contribution in [2.24, 2.45) is 4.99 Å². The molecule has 0 spiro atoms. The molecular weight excluding hydrogens is 218 g/mol. The maximum atomic E-state index is 10.9. The average molecular weight is 235 g/mol. The summed E-state index contributed by atoms with van der Waals surface area (Å²) in [6.45, 7) is 2.01. The molecule has 0 saturated carbocycles. The van der Waals surface area contributed by atoms with Gasteiger partial charge in [0.05, 0.1) is 0 Å². The number of para-hydroxylation sites is 1. The van der Waals surface area contributed by atoms with Gasteiger partial charge in [-0.25, -0.2) is 4.79 Å².